The number of aliphatic carboxylic acids is 2. The van der Waals surface area contributed by atoms with Gasteiger partial charge in [0.25, 0.3) is 11.8 Å². The van der Waals surface area contributed by atoms with Crippen molar-refractivity contribution in [2.45, 2.75) is 155 Å². The van der Waals surface area contributed by atoms with Crippen LogP contribution in [0.3, 0.4) is 0 Å². The Labute approximate surface area is 405 Å². The van der Waals surface area contributed by atoms with Gasteiger partial charge in [-0.1, -0.05) is 52.7 Å². The van der Waals surface area contributed by atoms with Crippen LogP contribution < -0.4 is 21.3 Å². The zero-order chi connectivity index (χ0) is 50.7. The van der Waals surface area contributed by atoms with Gasteiger partial charge in [-0.05, 0) is 103 Å². The highest BCUT2D eigenvalue weighted by atomic mass is 32.1. The number of hydrogen-bond acceptors (Lipinski definition) is 13. The molecule has 0 radical (unpaired) electrons. The summed E-state index contributed by atoms with van der Waals surface area (Å²) in [5.41, 5.74) is -0.0348. The number of unbranched alkanes of at least 4 members (excludes halogenated alkanes) is 1. The number of benzene rings is 1. The van der Waals surface area contributed by atoms with Crippen molar-refractivity contribution < 1.29 is 53.3 Å². The van der Waals surface area contributed by atoms with Crippen LogP contribution in [0.4, 0.5) is 5.69 Å². The Morgan fingerprint density at radius 2 is 1.75 bits per heavy atom. The van der Waals surface area contributed by atoms with E-state index in [1.54, 1.807) is 45.2 Å². The lowest BCUT2D eigenvalue weighted by atomic mass is 9.84. The van der Waals surface area contributed by atoms with Gasteiger partial charge in [-0.3, -0.25) is 43.3 Å². The predicted molar refractivity (Wildman–Crippen MR) is 258 cm³/mol. The number of aromatic nitrogens is 1. The molecule has 2 aromatic rings. The Balaban J connectivity index is 1.91. The first kappa shape index (κ1) is 56.9. The highest BCUT2D eigenvalue weighted by Crippen LogP contribution is 2.32. The monoisotopic (exact) mass is 968 g/mol. The van der Waals surface area contributed by atoms with Gasteiger partial charge in [-0.25, -0.2) is 10.0 Å². The van der Waals surface area contributed by atoms with Crippen LogP contribution in [0.1, 0.15) is 140 Å². The predicted octanol–water partition coefficient (Wildman–Crippen LogP) is 5.58. The van der Waals surface area contributed by atoms with Crippen LogP contribution in [-0.4, -0.2) is 124 Å². The van der Waals surface area contributed by atoms with Crippen molar-refractivity contribution >= 4 is 58.6 Å². The standard InChI is InChI=1S/C49H73N7O11S/c1-11-13-16-25-66-56(47(63)42(31(5)12-2)54-45(62)38-17-14-15-24-55(38)10)39(30(3)4)27-40(67-32(6)57)46-53-37(29-68-46)44(61)52-35(28-49(7,8)48(64)65)26-33-18-20-34(21-19-33)51-43(60)36(50-9)22-23-41(58)59/h1,18-21,29-31,35-36,38-40,42,50H,12-17,22-28H2,2-10H3,(H,51,60)(H,52,61)(H,54,62)(H,58,59)(H,64,65)/t31-,35-,36-,38+,39+,40+,42-/m0/s1. The van der Waals surface area contributed by atoms with E-state index in [4.69, 9.17) is 21.1 Å². The summed E-state index contributed by atoms with van der Waals surface area (Å²) >= 11 is 1.09. The molecule has 6 N–H and O–H groups in total. The molecule has 0 bridgehead atoms. The molecule has 18 nitrogen and oxygen atoms in total. The molecule has 0 aliphatic carbocycles. The van der Waals surface area contributed by atoms with Crippen molar-refractivity contribution in [2.24, 2.45) is 17.3 Å². The molecule has 1 aromatic carbocycles. The van der Waals surface area contributed by atoms with Crippen molar-refractivity contribution in [2.75, 3.05) is 32.6 Å². The second-order valence-electron chi connectivity index (χ2n) is 18.6. The number of hydroxylamine groups is 2. The normalized spacial score (nSPS) is 16.8. The molecule has 4 amide bonds. The number of amides is 4. The number of carboxylic acids is 2. The van der Waals surface area contributed by atoms with E-state index < -0.39 is 71.3 Å². The summed E-state index contributed by atoms with van der Waals surface area (Å²) in [7, 11) is 3.47. The van der Waals surface area contributed by atoms with Gasteiger partial charge in [0.1, 0.15) is 16.7 Å². The Morgan fingerprint density at radius 3 is 2.32 bits per heavy atom. The van der Waals surface area contributed by atoms with Crippen LogP contribution in [0.25, 0.3) is 0 Å². The summed E-state index contributed by atoms with van der Waals surface area (Å²) in [6, 6.07) is 3.39. The van der Waals surface area contributed by atoms with Crippen LogP contribution in [-0.2, 0) is 44.8 Å². The summed E-state index contributed by atoms with van der Waals surface area (Å²) in [5.74, 6) is -2.29. The van der Waals surface area contributed by atoms with Crippen LogP contribution in [0.5, 0.6) is 0 Å². The van der Waals surface area contributed by atoms with E-state index in [2.05, 4.69) is 32.2 Å². The summed E-state index contributed by atoms with van der Waals surface area (Å²) < 4.78 is 5.86. The van der Waals surface area contributed by atoms with Gasteiger partial charge in [-0.2, -0.15) is 0 Å². The van der Waals surface area contributed by atoms with Crippen molar-refractivity contribution in [3.8, 4) is 12.3 Å². The maximum atomic E-state index is 14.8. The molecule has 19 heteroatoms. The maximum Gasteiger partial charge on any atom is 0.309 e. The van der Waals surface area contributed by atoms with E-state index in [0.29, 0.717) is 31.4 Å². The SMILES string of the molecule is C#CCCCON(C(=O)[C@@H](NC(=O)[C@H]1CCCCN1C)[C@@H](C)CC)[C@H](C[C@@H](OC(C)=O)c1nc(C(=O)N[C@@H](Cc2ccc(NC(=O)[C@H](CCC(=O)O)NC)cc2)CC(C)(C)C(=O)O)cs1)C(C)C. The van der Waals surface area contributed by atoms with Crippen LogP contribution >= 0.6 is 11.3 Å². The van der Waals surface area contributed by atoms with Gasteiger partial charge in [0.15, 0.2) is 6.10 Å². The molecule has 7 atom stereocenters. The molecule has 376 valence electrons. The number of carbonyl (C=O) groups is 7. The molecular weight excluding hydrogens is 895 g/mol. The van der Waals surface area contributed by atoms with Crippen LogP contribution in [0.2, 0.25) is 0 Å². The highest BCUT2D eigenvalue weighted by Gasteiger charge is 2.40. The Bertz CT molecular complexity index is 2050. The number of anilines is 1. The molecule has 3 rings (SSSR count). The number of hydrogen-bond donors (Lipinski definition) is 6. The number of piperidine rings is 1. The topological polar surface area (TPSA) is 246 Å². The third kappa shape index (κ3) is 17.6. The van der Waals surface area contributed by atoms with Gasteiger partial charge in [0.2, 0.25) is 11.8 Å². The number of nitrogens with zero attached hydrogens (tertiary/aromatic N) is 3. The van der Waals surface area contributed by atoms with Gasteiger partial charge in [-0.15, -0.1) is 23.7 Å². The first-order chi connectivity index (χ1) is 32.1. The fourth-order valence-corrected chi connectivity index (χ4v) is 8.82. The van der Waals surface area contributed by atoms with Gasteiger partial charge >= 0.3 is 17.9 Å². The van der Waals surface area contributed by atoms with Crippen molar-refractivity contribution in [1.29, 1.82) is 0 Å². The number of rotatable bonds is 28. The van der Waals surface area contributed by atoms with Crippen LogP contribution in [0, 0.1) is 29.6 Å². The molecule has 2 heterocycles. The van der Waals surface area contributed by atoms with E-state index in [0.717, 1.165) is 36.3 Å². The third-order valence-electron chi connectivity index (χ3n) is 12.3. The van der Waals surface area contributed by atoms with Gasteiger partial charge in [0, 0.05) is 43.3 Å². The molecule has 1 fully saturated rings. The Morgan fingerprint density at radius 1 is 1.06 bits per heavy atom. The fourth-order valence-electron chi connectivity index (χ4n) is 7.98. The minimum absolute atomic E-state index is 0.00659. The highest BCUT2D eigenvalue weighted by molar-refractivity contribution is 7.09. The summed E-state index contributed by atoms with van der Waals surface area (Å²) in [6.45, 7) is 12.9. The molecule has 0 saturated carbocycles. The molecule has 0 spiro atoms. The summed E-state index contributed by atoms with van der Waals surface area (Å²) in [4.78, 5) is 104. The summed E-state index contributed by atoms with van der Waals surface area (Å²) in [6.07, 6.45) is 8.75. The minimum Gasteiger partial charge on any atom is -0.481 e. The Kier molecular flexibility index (Phi) is 23.0. The zero-order valence-electron chi connectivity index (χ0n) is 41.1. The molecular formula is C49H73N7O11S. The zero-order valence-corrected chi connectivity index (χ0v) is 41.9. The fraction of sp³-hybridized carbons (Fsp3) is 0.633. The molecule has 68 heavy (non-hydrogen) atoms. The van der Waals surface area contributed by atoms with E-state index in [1.807, 2.05) is 39.6 Å². The summed E-state index contributed by atoms with van der Waals surface area (Å²) in [5, 5.41) is 33.8. The average molecular weight is 968 g/mol. The van der Waals surface area contributed by atoms with Gasteiger partial charge in [0.05, 0.1) is 30.1 Å². The van der Waals surface area contributed by atoms with Crippen LogP contribution in [0.15, 0.2) is 29.6 Å². The maximum absolute atomic E-state index is 14.8. The van der Waals surface area contributed by atoms with E-state index in [-0.39, 0.29) is 73.2 Å². The molecule has 0 unspecified atom stereocenters. The van der Waals surface area contributed by atoms with Crippen molar-refractivity contribution in [1.82, 2.24) is 30.9 Å². The number of carbonyl (C=O) groups excluding carboxylic acids is 5. The largest absolute Gasteiger partial charge is 0.481 e. The van der Waals surface area contributed by atoms with E-state index in [1.165, 1.54) is 17.4 Å². The first-order valence-electron chi connectivity index (χ1n) is 23.5. The van der Waals surface area contributed by atoms with Gasteiger partial charge < -0.3 is 36.2 Å². The quantitative estimate of drug-likeness (QED) is 0.0264. The molecule has 1 aromatic heterocycles. The molecule has 1 saturated heterocycles. The van der Waals surface area contributed by atoms with Crippen molar-refractivity contribution in [3.63, 3.8) is 0 Å². The number of carboxylic acid groups (broad SMARTS) is 2. The lowest BCUT2D eigenvalue weighted by molar-refractivity contribution is -0.213. The number of nitrogens with one attached hydrogen (secondary N) is 4. The first-order valence-corrected chi connectivity index (χ1v) is 24.4. The lowest BCUT2D eigenvalue weighted by Crippen LogP contribution is -2.58. The molecule has 1 aliphatic heterocycles. The molecule has 1 aliphatic rings. The minimum atomic E-state index is -1.24. The lowest BCUT2D eigenvalue weighted by Gasteiger charge is -2.39. The third-order valence-corrected chi connectivity index (χ3v) is 13.3. The smallest absolute Gasteiger partial charge is 0.309 e. The number of terminal acetylenes is 1. The second kappa shape index (κ2) is 27.5. The number of ether oxygens (including phenoxy) is 1. The number of likely N-dealkylation sites (N-methyl/N-ethyl adjacent to an activating group) is 2. The van der Waals surface area contributed by atoms with Crippen molar-refractivity contribution in [3.05, 3.63) is 45.9 Å². The number of esters is 1. The Hall–Kier alpha value is -5.42. The van der Waals surface area contributed by atoms with E-state index in [9.17, 15) is 38.7 Å². The second-order valence-corrected chi connectivity index (χ2v) is 19.5. The number of thiazole rings is 1. The number of likely N-dealkylation sites (tertiary alicyclic amines) is 1. The van der Waals surface area contributed by atoms with E-state index >= 15 is 0 Å². The average Bonchev–Trinajstić information content (AvgIpc) is 3.78.